The third-order valence-corrected chi connectivity index (χ3v) is 1.56. The van der Waals surface area contributed by atoms with E-state index in [1.807, 2.05) is 0 Å². The first-order valence-corrected chi connectivity index (χ1v) is 3.87. The number of nitrogens with zero attached hydrogens (tertiary/aromatic N) is 1. The number of rotatable bonds is 5. The Morgan fingerprint density at radius 2 is 2.20 bits per heavy atom. The van der Waals surface area contributed by atoms with Gasteiger partial charge in [0, 0.05) is 6.07 Å². The van der Waals surface area contributed by atoms with Crippen LogP contribution in [0, 0.1) is 0 Å². The Morgan fingerprint density at radius 3 is 2.67 bits per heavy atom. The highest BCUT2D eigenvalue weighted by Crippen LogP contribution is 2.23. The van der Waals surface area contributed by atoms with Gasteiger partial charge in [-0.05, 0) is 0 Å². The van der Waals surface area contributed by atoms with E-state index in [1.165, 1.54) is 6.07 Å². The predicted octanol–water partition coefficient (Wildman–Crippen LogP) is 1.01. The Balaban J connectivity index is 2.50. The van der Waals surface area contributed by atoms with Gasteiger partial charge in [-0.1, -0.05) is 0 Å². The molecule has 1 aromatic rings. The molecule has 0 aromatic carbocycles. The van der Waals surface area contributed by atoms with E-state index in [-0.39, 0.29) is 11.6 Å². The van der Waals surface area contributed by atoms with Crippen molar-refractivity contribution in [1.29, 1.82) is 0 Å². The number of nitrogens with two attached hydrogens (primary N) is 1. The average Bonchev–Trinajstić information content (AvgIpc) is 2.62. The standard InChI is InChI=1S/C6H9F4N5/c7-5(8)6(9,10)2-12-3-1-4(13-11)15-14-3/h1,5H,2,11H2,(H3,12,13,14,15). The number of nitrogen functional groups attached to an aromatic ring is 1. The zero-order valence-corrected chi connectivity index (χ0v) is 7.40. The van der Waals surface area contributed by atoms with Crippen molar-refractivity contribution in [1.82, 2.24) is 10.2 Å². The van der Waals surface area contributed by atoms with E-state index in [0.717, 1.165) is 0 Å². The number of hydrazine groups is 1. The van der Waals surface area contributed by atoms with Crippen LogP contribution in [0.15, 0.2) is 6.07 Å². The first-order chi connectivity index (χ1) is 6.95. The van der Waals surface area contributed by atoms with Crippen molar-refractivity contribution >= 4 is 11.6 Å². The molecular weight excluding hydrogens is 218 g/mol. The van der Waals surface area contributed by atoms with Crippen molar-refractivity contribution in [3.05, 3.63) is 6.07 Å². The normalized spacial score (nSPS) is 11.9. The molecule has 0 aliphatic heterocycles. The molecule has 5 N–H and O–H groups in total. The molecule has 1 rings (SSSR count). The van der Waals surface area contributed by atoms with Crippen molar-refractivity contribution in [2.24, 2.45) is 5.84 Å². The third-order valence-electron chi connectivity index (χ3n) is 1.56. The van der Waals surface area contributed by atoms with Gasteiger partial charge in [0.2, 0.25) is 0 Å². The Hall–Kier alpha value is -1.51. The molecule has 0 unspecified atom stereocenters. The second-order valence-corrected chi connectivity index (χ2v) is 2.73. The van der Waals surface area contributed by atoms with Crippen LogP contribution in [0.2, 0.25) is 0 Å². The largest absolute Gasteiger partial charge is 0.362 e. The second-order valence-electron chi connectivity index (χ2n) is 2.73. The number of H-pyrrole nitrogens is 1. The summed E-state index contributed by atoms with van der Waals surface area (Å²) in [7, 11) is 0. The van der Waals surface area contributed by atoms with Crippen LogP contribution in [0.3, 0.4) is 0 Å². The number of anilines is 2. The number of nitrogens with one attached hydrogen (secondary N) is 3. The molecule has 0 atom stereocenters. The van der Waals surface area contributed by atoms with Gasteiger partial charge in [-0.2, -0.15) is 13.9 Å². The summed E-state index contributed by atoms with van der Waals surface area (Å²) < 4.78 is 48.3. The lowest BCUT2D eigenvalue weighted by Gasteiger charge is -2.14. The molecule has 0 saturated carbocycles. The molecule has 0 aliphatic carbocycles. The van der Waals surface area contributed by atoms with Crippen molar-refractivity contribution < 1.29 is 17.6 Å². The van der Waals surface area contributed by atoms with Crippen LogP contribution in [0.5, 0.6) is 0 Å². The van der Waals surface area contributed by atoms with Gasteiger partial charge in [0.1, 0.15) is 11.6 Å². The van der Waals surface area contributed by atoms with Crippen LogP contribution in [-0.4, -0.2) is 29.1 Å². The summed E-state index contributed by atoms with van der Waals surface area (Å²) >= 11 is 0. The molecule has 9 heteroatoms. The van der Waals surface area contributed by atoms with Crippen LogP contribution in [0.1, 0.15) is 0 Å². The van der Waals surface area contributed by atoms with E-state index in [2.05, 4.69) is 20.9 Å². The van der Waals surface area contributed by atoms with Gasteiger partial charge in [0.15, 0.2) is 0 Å². The number of aromatic amines is 1. The van der Waals surface area contributed by atoms with E-state index in [9.17, 15) is 17.6 Å². The Morgan fingerprint density at radius 1 is 1.53 bits per heavy atom. The molecule has 0 spiro atoms. The molecular formula is C6H9F4N5. The Labute approximate surface area is 82.0 Å². The molecule has 1 heterocycles. The highest BCUT2D eigenvalue weighted by atomic mass is 19.3. The van der Waals surface area contributed by atoms with Crippen molar-refractivity contribution in [2.45, 2.75) is 12.3 Å². The van der Waals surface area contributed by atoms with Crippen LogP contribution in [-0.2, 0) is 0 Å². The first kappa shape index (κ1) is 11.6. The highest BCUT2D eigenvalue weighted by Gasteiger charge is 2.40. The second kappa shape index (κ2) is 4.34. The van der Waals surface area contributed by atoms with Gasteiger partial charge in [-0.15, -0.1) is 0 Å². The smallest absolute Gasteiger partial charge is 0.324 e. The molecule has 0 bridgehead atoms. The molecule has 86 valence electrons. The molecule has 15 heavy (non-hydrogen) atoms. The lowest BCUT2D eigenvalue weighted by atomic mass is 10.3. The molecule has 0 radical (unpaired) electrons. The van der Waals surface area contributed by atoms with E-state index >= 15 is 0 Å². The lowest BCUT2D eigenvalue weighted by molar-refractivity contribution is -0.117. The molecule has 5 nitrogen and oxygen atoms in total. The maximum absolute atomic E-state index is 12.4. The fourth-order valence-corrected chi connectivity index (χ4v) is 0.772. The fourth-order valence-electron chi connectivity index (χ4n) is 0.772. The molecule has 0 aliphatic rings. The van der Waals surface area contributed by atoms with Crippen molar-refractivity contribution in [3.63, 3.8) is 0 Å². The zero-order chi connectivity index (χ0) is 11.5. The summed E-state index contributed by atoms with van der Waals surface area (Å²) in [5.74, 6) is 1.17. The van der Waals surface area contributed by atoms with Gasteiger partial charge < -0.3 is 10.7 Å². The number of hydrogen-bond acceptors (Lipinski definition) is 4. The molecule has 0 fully saturated rings. The number of halogens is 4. The van der Waals surface area contributed by atoms with E-state index < -0.39 is 18.9 Å². The lowest BCUT2D eigenvalue weighted by Crippen LogP contribution is -2.34. The topological polar surface area (TPSA) is 78.8 Å². The summed E-state index contributed by atoms with van der Waals surface area (Å²) in [4.78, 5) is 0. The van der Waals surface area contributed by atoms with Crippen LogP contribution in [0.25, 0.3) is 0 Å². The first-order valence-electron chi connectivity index (χ1n) is 3.87. The molecule has 0 saturated heterocycles. The van der Waals surface area contributed by atoms with Crippen molar-refractivity contribution in [3.8, 4) is 0 Å². The van der Waals surface area contributed by atoms with Gasteiger partial charge >= 0.3 is 12.3 Å². The minimum Gasteiger partial charge on any atom is -0.362 e. The molecule has 1 aromatic heterocycles. The third kappa shape index (κ3) is 2.98. The summed E-state index contributed by atoms with van der Waals surface area (Å²) in [6.45, 7) is -1.19. The summed E-state index contributed by atoms with van der Waals surface area (Å²) in [6.07, 6.45) is -3.71. The average molecular weight is 227 g/mol. The van der Waals surface area contributed by atoms with E-state index in [1.54, 1.807) is 0 Å². The zero-order valence-electron chi connectivity index (χ0n) is 7.40. The Kier molecular flexibility index (Phi) is 3.35. The quantitative estimate of drug-likeness (QED) is 0.344. The fraction of sp³-hybridized carbons (Fsp3) is 0.500. The molecule has 0 amide bonds. The van der Waals surface area contributed by atoms with E-state index in [4.69, 9.17) is 5.84 Å². The van der Waals surface area contributed by atoms with Gasteiger partial charge in [0.25, 0.3) is 0 Å². The Bertz CT molecular complexity index is 312. The van der Waals surface area contributed by atoms with Crippen LogP contribution in [0.4, 0.5) is 29.2 Å². The van der Waals surface area contributed by atoms with Gasteiger partial charge in [0.05, 0.1) is 6.54 Å². The maximum Gasteiger partial charge on any atom is 0.324 e. The van der Waals surface area contributed by atoms with E-state index in [0.29, 0.717) is 0 Å². The number of aromatic nitrogens is 2. The summed E-state index contributed by atoms with van der Waals surface area (Å²) in [6, 6.07) is 1.27. The predicted molar refractivity (Wildman–Crippen MR) is 45.8 cm³/mol. The van der Waals surface area contributed by atoms with Gasteiger partial charge in [-0.3, -0.25) is 5.10 Å². The monoisotopic (exact) mass is 227 g/mol. The minimum absolute atomic E-state index is 0.00303. The minimum atomic E-state index is -4.09. The van der Waals surface area contributed by atoms with Crippen molar-refractivity contribution in [2.75, 3.05) is 17.3 Å². The number of alkyl halides is 4. The number of hydrogen-bond donors (Lipinski definition) is 4. The van der Waals surface area contributed by atoms with Crippen LogP contribution >= 0.6 is 0 Å². The summed E-state index contributed by atoms with van der Waals surface area (Å²) in [5, 5.41) is 7.89. The van der Waals surface area contributed by atoms with Gasteiger partial charge in [-0.25, -0.2) is 14.6 Å². The van der Waals surface area contributed by atoms with Crippen LogP contribution < -0.4 is 16.6 Å². The highest BCUT2D eigenvalue weighted by molar-refractivity contribution is 5.46. The SMILES string of the molecule is NNc1cc(NCC(F)(F)C(F)F)n[nH]1. The summed E-state index contributed by atoms with van der Waals surface area (Å²) in [5.41, 5.74) is 2.17. The maximum atomic E-state index is 12.4.